The molecule has 1 amide bonds. The molecule has 1 fully saturated rings. The number of esters is 1. The van der Waals surface area contributed by atoms with Crippen molar-refractivity contribution in [3.05, 3.63) is 0 Å². The molecule has 3 atom stereocenters. The van der Waals surface area contributed by atoms with Crippen LogP contribution in [0.3, 0.4) is 0 Å². The first-order valence-electron chi connectivity index (χ1n) is 11.4. The SMILES string of the molecule is COCCCCC(=O)NCCCCC(C(=O)OC)C1CCC1C(=O)CCCCOC. The van der Waals surface area contributed by atoms with E-state index in [1.165, 1.54) is 7.11 Å². The number of amides is 1. The monoisotopic (exact) mass is 427 g/mol. The lowest BCUT2D eigenvalue weighted by Gasteiger charge is -2.40. The molecule has 0 aliphatic heterocycles. The molecule has 7 heteroatoms. The van der Waals surface area contributed by atoms with Crippen molar-refractivity contribution in [3.63, 3.8) is 0 Å². The molecule has 0 radical (unpaired) electrons. The molecule has 0 spiro atoms. The molecule has 0 saturated heterocycles. The van der Waals surface area contributed by atoms with E-state index in [1.807, 2.05) is 0 Å². The van der Waals surface area contributed by atoms with Gasteiger partial charge >= 0.3 is 5.97 Å². The normalized spacial score (nSPS) is 19.0. The van der Waals surface area contributed by atoms with Gasteiger partial charge in [0.05, 0.1) is 13.0 Å². The van der Waals surface area contributed by atoms with Gasteiger partial charge in [0.25, 0.3) is 0 Å². The summed E-state index contributed by atoms with van der Waals surface area (Å²) in [6.45, 7) is 1.97. The topological polar surface area (TPSA) is 90.9 Å². The number of Topliss-reactive ketones (excluding diaryl/α,β-unsaturated/α-hetero) is 1. The van der Waals surface area contributed by atoms with Gasteiger partial charge in [-0.15, -0.1) is 0 Å². The van der Waals surface area contributed by atoms with E-state index in [0.29, 0.717) is 39.0 Å². The second-order valence-corrected chi connectivity index (χ2v) is 8.19. The average Bonchev–Trinajstić information content (AvgIpc) is 2.71. The Morgan fingerprint density at radius 1 is 0.867 bits per heavy atom. The zero-order valence-corrected chi connectivity index (χ0v) is 19.1. The number of nitrogens with one attached hydrogen (secondary N) is 1. The van der Waals surface area contributed by atoms with E-state index in [0.717, 1.165) is 51.4 Å². The first kappa shape index (κ1) is 26.6. The van der Waals surface area contributed by atoms with Gasteiger partial charge in [-0.05, 0) is 57.3 Å². The van der Waals surface area contributed by atoms with Gasteiger partial charge in [0, 0.05) is 52.7 Å². The lowest BCUT2D eigenvalue weighted by molar-refractivity contribution is -0.152. The standard InChI is InChI=1S/C23H41NO6/c1-28-16-8-5-11-21(25)19-14-13-18(19)20(23(27)30-3)10-4-7-15-24-22(26)12-6-9-17-29-2/h18-20H,4-17H2,1-3H3,(H,24,26). The molecule has 3 unspecified atom stereocenters. The Hall–Kier alpha value is -1.47. The summed E-state index contributed by atoms with van der Waals surface area (Å²) in [4.78, 5) is 36.7. The molecule has 1 rings (SSSR count). The van der Waals surface area contributed by atoms with Crippen LogP contribution in [0.4, 0.5) is 0 Å². The van der Waals surface area contributed by atoms with Crippen molar-refractivity contribution in [1.82, 2.24) is 5.32 Å². The fraction of sp³-hybridized carbons (Fsp3) is 0.870. The van der Waals surface area contributed by atoms with Gasteiger partial charge < -0.3 is 19.5 Å². The van der Waals surface area contributed by atoms with Gasteiger partial charge in [0.15, 0.2) is 0 Å². The van der Waals surface area contributed by atoms with Crippen LogP contribution in [-0.2, 0) is 28.6 Å². The predicted molar refractivity (Wildman–Crippen MR) is 115 cm³/mol. The number of carbonyl (C=O) groups is 3. The number of methoxy groups -OCH3 is 3. The van der Waals surface area contributed by atoms with Crippen molar-refractivity contribution in [3.8, 4) is 0 Å². The maximum Gasteiger partial charge on any atom is 0.308 e. The van der Waals surface area contributed by atoms with Crippen LogP contribution in [0.15, 0.2) is 0 Å². The molecule has 1 aliphatic rings. The van der Waals surface area contributed by atoms with Crippen molar-refractivity contribution in [2.24, 2.45) is 17.8 Å². The number of hydrogen-bond donors (Lipinski definition) is 1. The second-order valence-electron chi connectivity index (χ2n) is 8.19. The van der Waals surface area contributed by atoms with Crippen LogP contribution in [0, 0.1) is 17.8 Å². The Bertz CT molecular complexity index is 510. The number of ether oxygens (including phenoxy) is 3. The maximum atomic E-state index is 12.5. The zero-order valence-electron chi connectivity index (χ0n) is 19.1. The van der Waals surface area contributed by atoms with Crippen LogP contribution in [0.25, 0.3) is 0 Å². The first-order valence-corrected chi connectivity index (χ1v) is 11.4. The second kappa shape index (κ2) is 16.3. The highest BCUT2D eigenvalue weighted by Gasteiger charge is 2.43. The average molecular weight is 428 g/mol. The number of rotatable bonds is 18. The summed E-state index contributed by atoms with van der Waals surface area (Å²) in [6, 6.07) is 0. The Morgan fingerprint density at radius 2 is 1.53 bits per heavy atom. The molecule has 30 heavy (non-hydrogen) atoms. The first-order chi connectivity index (χ1) is 14.5. The molecule has 1 aliphatic carbocycles. The molecule has 1 saturated carbocycles. The molecule has 0 bridgehead atoms. The Morgan fingerprint density at radius 3 is 2.10 bits per heavy atom. The molecule has 0 aromatic rings. The van der Waals surface area contributed by atoms with E-state index in [2.05, 4.69) is 5.32 Å². The van der Waals surface area contributed by atoms with Crippen molar-refractivity contribution >= 4 is 17.7 Å². The Kier molecular flexibility index (Phi) is 14.4. The van der Waals surface area contributed by atoms with E-state index in [4.69, 9.17) is 14.2 Å². The van der Waals surface area contributed by atoms with E-state index in [1.54, 1.807) is 14.2 Å². The minimum absolute atomic E-state index is 0.0107. The Labute approximate surface area is 181 Å². The van der Waals surface area contributed by atoms with Gasteiger partial charge in [-0.3, -0.25) is 14.4 Å². The minimum atomic E-state index is -0.221. The summed E-state index contributed by atoms with van der Waals surface area (Å²) in [5, 5.41) is 2.93. The maximum absolute atomic E-state index is 12.5. The molecular formula is C23H41NO6. The van der Waals surface area contributed by atoms with Gasteiger partial charge in [0.1, 0.15) is 5.78 Å². The van der Waals surface area contributed by atoms with Crippen molar-refractivity contribution in [1.29, 1.82) is 0 Å². The highest BCUT2D eigenvalue weighted by Crippen LogP contribution is 2.43. The van der Waals surface area contributed by atoms with Gasteiger partial charge in [-0.2, -0.15) is 0 Å². The number of carbonyl (C=O) groups excluding carboxylic acids is 3. The third-order valence-electron chi connectivity index (χ3n) is 6.05. The van der Waals surface area contributed by atoms with E-state index < -0.39 is 0 Å². The molecule has 0 aromatic heterocycles. The van der Waals surface area contributed by atoms with E-state index in [-0.39, 0.29) is 35.4 Å². The Balaban J connectivity index is 2.32. The summed E-state index contributed by atoms with van der Waals surface area (Å²) in [5.74, 6) is -0.00239. The van der Waals surface area contributed by atoms with Crippen molar-refractivity contribution in [2.45, 2.75) is 70.6 Å². The fourth-order valence-electron chi connectivity index (χ4n) is 4.13. The molecule has 0 heterocycles. The summed E-state index contributed by atoms with van der Waals surface area (Å²) in [5.41, 5.74) is 0. The fourth-order valence-corrected chi connectivity index (χ4v) is 4.13. The van der Waals surface area contributed by atoms with Gasteiger partial charge in [-0.25, -0.2) is 0 Å². The lowest BCUT2D eigenvalue weighted by Crippen LogP contribution is -2.41. The third-order valence-corrected chi connectivity index (χ3v) is 6.05. The molecule has 7 nitrogen and oxygen atoms in total. The van der Waals surface area contributed by atoms with E-state index in [9.17, 15) is 14.4 Å². The highest BCUT2D eigenvalue weighted by molar-refractivity contribution is 5.83. The van der Waals surface area contributed by atoms with E-state index >= 15 is 0 Å². The molecule has 174 valence electrons. The van der Waals surface area contributed by atoms with Crippen LogP contribution in [-0.4, -0.2) is 58.7 Å². The number of ketones is 1. The number of hydrogen-bond acceptors (Lipinski definition) is 6. The van der Waals surface area contributed by atoms with Crippen LogP contribution in [0.5, 0.6) is 0 Å². The predicted octanol–water partition coefficient (Wildman–Crippen LogP) is 3.29. The highest BCUT2D eigenvalue weighted by atomic mass is 16.5. The molecular weight excluding hydrogens is 386 g/mol. The zero-order chi connectivity index (χ0) is 22.2. The smallest absolute Gasteiger partial charge is 0.308 e. The summed E-state index contributed by atoms with van der Waals surface area (Å²) >= 11 is 0. The van der Waals surface area contributed by atoms with Crippen LogP contribution < -0.4 is 5.32 Å². The summed E-state index contributed by atoms with van der Waals surface area (Å²) < 4.78 is 15.0. The van der Waals surface area contributed by atoms with Crippen LogP contribution >= 0.6 is 0 Å². The summed E-state index contributed by atoms with van der Waals surface area (Å²) in [7, 11) is 4.74. The summed E-state index contributed by atoms with van der Waals surface area (Å²) in [6.07, 6.45) is 8.66. The van der Waals surface area contributed by atoms with Gasteiger partial charge in [0.2, 0.25) is 5.91 Å². The quantitative estimate of drug-likeness (QED) is 0.267. The minimum Gasteiger partial charge on any atom is -0.469 e. The molecule has 0 aromatic carbocycles. The third kappa shape index (κ3) is 10.0. The van der Waals surface area contributed by atoms with Gasteiger partial charge in [-0.1, -0.05) is 6.42 Å². The molecule has 1 N–H and O–H groups in total. The van der Waals surface area contributed by atoms with Crippen molar-refractivity contribution < 1.29 is 28.6 Å². The van der Waals surface area contributed by atoms with Crippen LogP contribution in [0.1, 0.15) is 70.6 Å². The van der Waals surface area contributed by atoms with Crippen LogP contribution in [0.2, 0.25) is 0 Å². The number of unbranched alkanes of at least 4 members (excludes halogenated alkanes) is 3. The van der Waals surface area contributed by atoms with Crippen molar-refractivity contribution in [2.75, 3.05) is 41.1 Å². The lowest BCUT2D eigenvalue weighted by atomic mass is 9.63. The largest absolute Gasteiger partial charge is 0.469 e.